The molecule has 0 saturated carbocycles. The van der Waals surface area contributed by atoms with Gasteiger partial charge in [0.1, 0.15) is 6.07 Å². The summed E-state index contributed by atoms with van der Waals surface area (Å²) < 4.78 is 11.3. The number of hydrogen-bond acceptors (Lipinski definition) is 6. The van der Waals surface area contributed by atoms with E-state index in [-0.39, 0.29) is 12.5 Å². The van der Waals surface area contributed by atoms with Crippen molar-refractivity contribution in [3.63, 3.8) is 0 Å². The number of anilines is 1. The molecule has 3 rings (SSSR count). The molecule has 0 atom stereocenters. The Kier molecular flexibility index (Phi) is 7.04. The van der Waals surface area contributed by atoms with Gasteiger partial charge < -0.3 is 9.47 Å². The average molecular weight is 465 g/mol. The minimum Gasteiger partial charge on any atom is -0.490 e. The van der Waals surface area contributed by atoms with Crippen molar-refractivity contribution in [2.75, 3.05) is 18.1 Å². The van der Waals surface area contributed by atoms with E-state index in [9.17, 15) is 4.79 Å². The van der Waals surface area contributed by atoms with E-state index in [2.05, 4.69) is 0 Å². The Morgan fingerprint density at radius 3 is 2.69 bits per heavy atom. The highest BCUT2D eigenvalue weighted by molar-refractivity contribution is 8.27. The van der Waals surface area contributed by atoms with Gasteiger partial charge in [-0.15, -0.1) is 0 Å². The molecule has 1 aliphatic rings. The molecule has 148 valence electrons. The minimum atomic E-state index is -0.271. The molecular weight excluding hydrogens is 451 g/mol. The summed E-state index contributed by atoms with van der Waals surface area (Å²) in [5.41, 5.74) is 1.22. The maximum atomic E-state index is 12.9. The molecule has 2 aromatic rings. The number of halogens is 2. The summed E-state index contributed by atoms with van der Waals surface area (Å²) in [5.74, 6) is 0.686. The highest BCUT2D eigenvalue weighted by Gasteiger charge is 2.34. The fourth-order valence-electron chi connectivity index (χ4n) is 2.60. The molecule has 5 nitrogen and oxygen atoms in total. The molecule has 0 aromatic heterocycles. The summed E-state index contributed by atoms with van der Waals surface area (Å²) in [6.45, 7) is 2.20. The smallest absolute Gasteiger partial charge is 0.270 e. The standard InChI is InChI=1S/C20H14Cl2N2O3S2/c1-2-26-17-9-12(3-6-16(17)27-8-7-23)10-18-19(25)24(20(28)29-18)15-5-4-13(21)11-14(15)22/h3-6,9-11H,2,8H2,1H3/b18-10+. The van der Waals surface area contributed by atoms with Gasteiger partial charge in [-0.1, -0.05) is 53.2 Å². The average Bonchev–Trinajstić information content (AvgIpc) is 2.95. The van der Waals surface area contributed by atoms with Crippen LogP contribution in [0.15, 0.2) is 41.3 Å². The lowest BCUT2D eigenvalue weighted by molar-refractivity contribution is -0.113. The van der Waals surface area contributed by atoms with Gasteiger partial charge in [0.2, 0.25) is 0 Å². The molecule has 0 spiro atoms. The molecular formula is C20H14Cl2N2O3S2. The molecule has 1 aliphatic heterocycles. The van der Waals surface area contributed by atoms with E-state index in [1.165, 1.54) is 16.7 Å². The lowest BCUT2D eigenvalue weighted by Gasteiger charge is -2.16. The van der Waals surface area contributed by atoms with Gasteiger partial charge in [-0.3, -0.25) is 9.69 Å². The number of thiocarbonyl (C=S) groups is 1. The maximum absolute atomic E-state index is 12.9. The van der Waals surface area contributed by atoms with Crippen LogP contribution in [-0.2, 0) is 4.79 Å². The zero-order valence-corrected chi connectivity index (χ0v) is 18.3. The van der Waals surface area contributed by atoms with Gasteiger partial charge in [-0.2, -0.15) is 5.26 Å². The van der Waals surface area contributed by atoms with Gasteiger partial charge in [0.15, 0.2) is 22.4 Å². The van der Waals surface area contributed by atoms with Crippen LogP contribution in [0.3, 0.4) is 0 Å². The molecule has 0 radical (unpaired) electrons. The lowest BCUT2D eigenvalue weighted by atomic mass is 10.1. The van der Waals surface area contributed by atoms with E-state index in [0.29, 0.717) is 43.1 Å². The number of rotatable bonds is 6. The van der Waals surface area contributed by atoms with Crippen LogP contribution in [0.1, 0.15) is 12.5 Å². The van der Waals surface area contributed by atoms with Crippen LogP contribution in [0.2, 0.25) is 10.0 Å². The third-order valence-electron chi connectivity index (χ3n) is 3.80. The Balaban J connectivity index is 1.91. The summed E-state index contributed by atoms with van der Waals surface area (Å²) in [4.78, 5) is 14.8. The van der Waals surface area contributed by atoms with Gasteiger partial charge in [-0.25, -0.2) is 0 Å². The molecule has 29 heavy (non-hydrogen) atoms. The zero-order valence-electron chi connectivity index (χ0n) is 15.1. The molecule has 0 aliphatic carbocycles. The monoisotopic (exact) mass is 464 g/mol. The Morgan fingerprint density at radius 2 is 2.00 bits per heavy atom. The minimum absolute atomic E-state index is 0.0834. The number of carbonyl (C=O) groups excluding carboxylic acids is 1. The highest BCUT2D eigenvalue weighted by atomic mass is 35.5. The normalized spacial score (nSPS) is 15.0. The van der Waals surface area contributed by atoms with E-state index in [1.807, 2.05) is 13.0 Å². The topological polar surface area (TPSA) is 62.6 Å². The summed E-state index contributed by atoms with van der Waals surface area (Å²) in [6, 6.07) is 12.0. The Bertz CT molecular complexity index is 1050. The summed E-state index contributed by atoms with van der Waals surface area (Å²) in [5, 5.41) is 9.52. The molecule has 2 aromatic carbocycles. The number of thioether (sulfide) groups is 1. The molecule has 0 unspecified atom stereocenters. The first-order valence-corrected chi connectivity index (χ1v) is 10.4. The van der Waals surface area contributed by atoms with Crippen molar-refractivity contribution >= 4 is 69.2 Å². The number of nitriles is 1. The second kappa shape index (κ2) is 9.51. The Morgan fingerprint density at radius 1 is 1.21 bits per heavy atom. The number of benzene rings is 2. The van der Waals surface area contributed by atoms with Crippen LogP contribution in [-0.4, -0.2) is 23.4 Å². The fourth-order valence-corrected chi connectivity index (χ4v) is 4.38. The van der Waals surface area contributed by atoms with Gasteiger partial charge in [0, 0.05) is 5.02 Å². The van der Waals surface area contributed by atoms with Crippen LogP contribution >= 0.6 is 47.2 Å². The van der Waals surface area contributed by atoms with Gasteiger partial charge in [0.05, 0.1) is 22.2 Å². The molecule has 1 amide bonds. The molecule has 9 heteroatoms. The summed E-state index contributed by atoms with van der Waals surface area (Å²) in [7, 11) is 0. The third-order valence-corrected chi connectivity index (χ3v) is 5.64. The van der Waals surface area contributed by atoms with E-state index >= 15 is 0 Å². The highest BCUT2D eigenvalue weighted by Crippen LogP contribution is 2.40. The second-order valence-corrected chi connectivity index (χ2v) is 8.22. The van der Waals surface area contributed by atoms with Crippen LogP contribution in [0.4, 0.5) is 5.69 Å². The number of ether oxygens (including phenoxy) is 2. The fraction of sp³-hybridized carbons (Fsp3) is 0.150. The first-order chi connectivity index (χ1) is 13.9. The number of amides is 1. The van der Waals surface area contributed by atoms with Crippen molar-refractivity contribution in [1.82, 2.24) is 0 Å². The predicted octanol–water partition coefficient (Wildman–Crippen LogP) is 5.70. The predicted molar refractivity (Wildman–Crippen MR) is 121 cm³/mol. The quantitative estimate of drug-likeness (QED) is 0.403. The van der Waals surface area contributed by atoms with E-state index < -0.39 is 0 Å². The number of hydrogen-bond donors (Lipinski definition) is 0. The van der Waals surface area contributed by atoms with Crippen LogP contribution < -0.4 is 14.4 Å². The molecule has 0 N–H and O–H groups in total. The van der Waals surface area contributed by atoms with Gasteiger partial charge in [-0.05, 0) is 48.9 Å². The van der Waals surface area contributed by atoms with Crippen molar-refractivity contribution in [2.45, 2.75) is 6.92 Å². The van der Waals surface area contributed by atoms with Crippen LogP contribution in [0.5, 0.6) is 11.5 Å². The molecule has 1 heterocycles. The summed E-state index contributed by atoms with van der Waals surface area (Å²) >= 11 is 18.7. The zero-order chi connectivity index (χ0) is 21.0. The molecule has 0 bridgehead atoms. The molecule has 1 saturated heterocycles. The van der Waals surface area contributed by atoms with Gasteiger partial charge >= 0.3 is 0 Å². The first-order valence-electron chi connectivity index (χ1n) is 8.44. The van der Waals surface area contributed by atoms with Crippen molar-refractivity contribution in [1.29, 1.82) is 5.26 Å². The lowest BCUT2D eigenvalue weighted by Crippen LogP contribution is -2.27. The van der Waals surface area contributed by atoms with Crippen LogP contribution in [0.25, 0.3) is 6.08 Å². The maximum Gasteiger partial charge on any atom is 0.270 e. The Labute approximate surface area is 187 Å². The van der Waals surface area contributed by atoms with E-state index in [4.69, 9.17) is 50.2 Å². The second-order valence-electron chi connectivity index (χ2n) is 5.70. The van der Waals surface area contributed by atoms with Crippen molar-refractivity contribution in [2.24, 2.45) is 0 Å². The van der Waals surface area contributed by atoms with Crippen molar-refractivity contribution < 1.29 is 14.3 Å². The molecule has 1 fully saturated rings. The van der Waals surface area contributed by atoms with Crippen LogP contribution in [0, 0.1) is 11.3 Å². The van der Waals surface area contributed by atoms with E-state index in [1.54, 1.807) is 42.5 Å². The van der Waals surface area contributed by atoms with E-state index in [0.717, 1.165) is 5.56 Å². The largest absolute Gasteiger partial charge is 0.490 e. The first kappa shape index (κ1) is 21.5. The van der Waals surface area contributed by atoms with Crippen molar-refractivity contribution in [3.05, 3.63) is 56.9 Å². The third kappa shape index (κ3) is 4.85. The Hall–Kier alpha value is -2.24. The van der Waals surface area contributed by atoms with Crippen molar-refractivity contribution in [3.8, 4) is 17.6 Å². The summed E-state index contributed by atoms with van der Waals surface area (Å²) in [6.07, 6.45) is 1.72. The number of nitrogens with zero attached hydrogens (tertiary/aromatic N) is 2. The van der Waals surface area contributed by atoms with Gasteiger partial charge in [0.25, 0.3) is 5.91 Å². The SMILES string of the molecule is CCOc1cc(/C=C2/SC(=S)N(c3ccc(Cl)cc3Cl)C2=O)ccc1OCC#N. The number of carbonyl (C=O) groups is 1.